The van der Waals surface area contributed by atoms with Crippen LogP contribution in [0.2, 0.25) is 0 Å². The Bertz CT molecular complexity index is 726. The third kappa shape index (κ3) is 2.39. The molecule has 3 aromatic rings. The lowest BCUT2D eigenvalue weighted by molar-refractivity contribution is 0.475. The van der Waals surface area contributed by atoms with Crippen molar-refractivity contribution in [2.75, 3.05) is 0 Å². The summed E-state index contributed by atoms with van der Waals surface area (Å²) in [6.07, 6.45) is 0. The average Bonchev–Trinajstić information content (AvgIpc) is 2.45. The van der Waals surface area contributed by atoms with Crippen molar-refractivity contribution in [3.63, 3.8) is 0 Å². The second kappa shape index (κ2) is 4.90. The van der Waals surface area contributed by atoms with Gasteiger partial charge in [-0.05, 0) is 31.2 Å². The van der Waals surface area contributed by atoms with Crippen molar-refractivity contribution in [3.05, 3.63) is 54.2 Å². The minimum atomic E-state index is 0.268. The van der Waals surface area contributed by atoms with Gasteiger partial charge in [-0.1, -0.05) is 36.0 Å². The molecule has 0 saturated carbocycles. The molecule has 3 nitrogen and oxygen atoms in total. The van der Waals surface area contributed by atoms with Gasteiger partial charge in [0.05, 0.1) is 5.69 Å². The Morgan fingerprint density at radius 1 is 0.895 bits per heavy atom. The highest BCUT2D eigenvalue weighted by atomic mass is 32.2. The Labute approximate surface area is 115 Å². The van der Waals surface area contributed by atoms with Gasteiger partial charge in [0, 0.05) is 15.7 Å². The molecule has 0 bridgehead atoms. The maximum Gasteiger partial charge on any atom is 0.131 e. The van der Waals surface area contributed by atoms with Crippen LogP contribution in [0.4, 0.5) is 0 Å². The summed E-state index contributed by atoms with van der Waals surface area (Å²) >= 11 is 1.55. The first-order chi connectivity index (χ1) is 9.24. The number of aromatic nitrogens is 2. The number of aryl methyl sites for hydroxylation is 1. The summed E-state index contributed by atoms with van der Waals surface area (Å²) in [6, 6.07) is 15.2. The van der Waals surface area contributed by atoms with Crippen LogP contribution in [-0.2, 0) is 0 Å². The summed E-state index contributed by atoms with van der Waals surface area (Å²) in [6.45, 7) is 1.96. The zero-order chi connectivity index (χ0) is 13.2. The second-order valence-corrected chi connectivity index (χ2v) is 5.29. The number of hydrogen-bond acceptors (Lipinski definition) is 4. The van der Waals surface area contributed by atoms with E-state index < -0.39 is 0 Å². The summed E-state index contributed by atoms with van der Waals surface area (Å²) in [5, 5.41) is 20.9. The molecule has 0 spiro atoms. The van der Waals surface area contributed by atoms with Crippen LogP contribution in [0.1, 0.15) is 5.69 Å². The maximum atomic E-state index is 9.29. The van der Waals surface area contributed by atoms with Crippen molar-refractivity contribution in [1.82, 2.24) is 10.2 Å². The van der Waals surface area contributed by atoms with E-state index in [1.54, 1.807) is 23.9 Å². The van der Waals surface area contributed by atoms with E-state index >= 15 is 0 Å². The van der Waals surface area contributed by atoms with Gasteiger partial charge in [-0.25, -0.2) is 0 Å². The molecule has 2 aromatic carbocycles. The van der Waals surface area contributed by atoms with Crippen LogP contribution in [0.3, 0.4) is 0 Å². The van der Waals surface area contributed by atoms with Gasteiger partial charge in [0.15, 0.2) is 0 Å². The van der Waals surface area contributed by atoms with E-state index in [9.17, 15) is 5.11 Å². The first-order valence-electron chi connectivity index (χ1n) is 5.93. The number of phenolic OH excluding ortho intramolecular Hbond substituents is 1. The van der Waals surface area contributed by atoms with Crippen LogP contribution in [0, 0.1) is 6.92 Å². The molecule has 0 aliphatic heterocycles. The maximum absolute atomic E-state index is 9.29. The first kappa shape index (κ1) is 12.0. The molecule has 0 unspecified atom stereocenters. The molecule has 4 heteroatoms. The van der Waals surface area contributed by atoms with Gasteiger partial charge in [0.2, 0.25) is 0 Å². The van der Waals surface area contributed by atoms with Gasteiger partial charge in [-0.2, -0.15) is 5.10 Å². The van der Waals surface area contributed by atoms with Crippen molar-refractivity contribution in [2.24, 2.45) is 0 Å². The third-order valence-corrected chi connectivity index (χ3v) is 3.89. The van der Waals surface area contributed by atoms with Crippen molar-refractivity contribution in [2.45, 2.75) is 16.8 Å². The number of hydrogen-bond donors (Lipinski definition) is 1. The number of phenols is 1. The number of benzene rings is 2. The first-order valence-corrected chi connectivity index (χ1v) is 6.74. The zero-order valence-corrected chi connectivity index (χ0v) is 11.2. The van der Waals surface area contributed by atoms with Gasteiger partial charge in [0.1, 0.15) is 10.8 Å². The summed E-state index contributed by atoms with van der Waals surface area (Å²) in [7, 11) is 0. The van der Waals surface area contributed by atoms with E-state index in [0.29, 0.717) is 0 Å². The molecule has 1 aromatic heterocycles. The van der Waals surface area contributed by atoms with Gasteiger partial charge in [-0.15, -0.1) is 5.10 Å². The predicted octanol–water partition coefficient (Wildman–Crippen LogP) is 3.80. The van der Waals surface area contributed by atoms with E-state index in [1.165, 1.54) is 0 Å². The predicted molar refractivity (Wildman–Crippen MR) is 76.5 cm³/mol. The molecule has 0 aliphatic carbocycles. The molecular formula is C15H12N2OS. The second-order valence-electron chi connectivity index (χ2n) is 4.23. The van der Waals surface area contributed by atoms with Gasteiger partial charge < -0.3 is 5.11 Å². The molecule has 0 radical (unpaired) electrons. The largest absolute Gasteiger partial charge is 0.508 e. The highest BCUT2D eigenvalue weighted by molar-refractivity contribution is 7.99. The van der Waals surface area contributed by atoms with E-state index in [2.05, 4.69) is 22.3 Å². The summed E-state index contributed by atoms with van der Waals surface area (Å²) < 4.78 is 0. The molecule has 3 rings (SSSR count). The van der Waals surface area contributed by atoms with Crippen LogP contribution in [-0.4, -0.2) is 15.3 Å². The molecule has 0 fully saturated rings. The number of fused-ring (bicyclic) bond motifs is 1. The SMILES string of the molecule is Cc1nnc(Sc2ccc(O)cc2)c2ccccc12. The number of nitrogens with zero attached hydrogens (tertiary/aromatic N) is 2. The van der Waals surface area contributed by atoms with E-state index in [1.807, 2.05) is 31.2 Å². The lowest BCUT2D eigenvalue weighted by Crippen LogP contribution is -1.92. The van der Waals surface area contributed by atoms with Gasteiger partial charge in [0.25, 0.3) is 0 Å². The Morgan fingerprint density at radius 2 is 1.58 bits per heavy atom. The summed E-state index contributed by atoms with van der Waals surface area (Å²) in [5.41, 5.74) is 0.936. The average molecular weight is 268 g/mol. The van der Waals surface area contributed by atoms with Crippen LogP contribution in [0.25, 0.3) is 10.8 Å². The molecule has 94 valence electrons. The molecule has 19 heavy (non-hydrogen) atoms. The fourth-order valence-corrected chi connectivity index (χ4v) is 2.78. The highest BCUT2D eigenvalue weighted by Gasteiger charge is 2.07. The van der Waals surface area contributed by atoms with Crippen molar-refractivity contribution in [1.29, 1.82) is 0 Å². The fourth-order valence-electron chi connectivity index (χ4n) is 1.91. The molecule has 0 aliphatic rings. The van der Waals surface area contributed by atoms with Crippen LogP contribution in [0.15, 0.2) is 58.5 Å². The molecule has 0 amide bonds. The smallest absolute Gasteiger partial charge is 0.131 e. The van der Waals surface area contributed by atoms with Crippen molar-refractivity contribution in [3.8, 4) is 5.75 Å². The number of aromatic hydroxyl groups is 1. The normalized spacial score (nSPS) is 10.8. The minimum Gasteiger partial charge on any atom is -0.508 e. The lowest BCUT2D eigenvalue weighted by atomic mass is 10.1. The monoisotopic (exact) mass is 268 g/mol. The Hall–Kier alpha value is -2.07. The van der Waals surface area contributed by atoms with Crippen LogP contribution >= 0.6 is 11.8 Å². The summed E-state index contributed by atoms with van der Waals surface area (Å²) in [5.74, 6) is 0.268. The summed E-state index contributed by atoms with van der Waals surface area (Å²) in [4.78, 5) is 1.03. The lowest BCUT2D eigenvalue weighted by Gasteiger charge is -2.06. The van der Waals surface area contributed by atoms with E-state index in [0.717, 1.165) is 26.4 Å². The highest BCUT2D eigenvalue weighted by Crippen LogP contribution is 2.32. The Balaban J connectivity index is 2.06. The Morgan fingerprint density at radius 3 is 2.32 bits per heavy atom. The van der Waals surface area contributed by atoms with Crippen molar-refractivity contribution >= 4 is 22.5 Å². The fraction of sp³-hybridized carbons (Fsp3) is 0.0667. The van der Waals surface area contributed by atoms with Gasteiger partial charge >= 0.3 is 0 Å². The quantitative estimate of drug-likeness (QED) is 0.768. The van der Waals surface area contributed by atoms with E-state index in [4.69, 9.17) is 0 Å². The van der Waals surface area contributed by atoms with Crippen molar-refractivity contribution < 1.29 is 5.11 Å². The molecule has 1 heterocycles. The molecule has 0 saturated heterocycles. The van der Waals surface area contributed by atoms with E-state index in [-0.39, 0.29) is 5.75 Å². The Kier molecular flexibility index (Phi) is 3.09. The van der Waals surface area contributed by atoms with Crippen LogP contribution < -0.4 is 0 Å². The number of rotatable bonds is 2. The molecule has 1 N–H and O–H groups in total. The van der Waals surface area contributed by atoms with Gasteiger partial charge in [-0.3, -0.25) is 0 Å². The van der Waals surface area contributed by atoms with Crippen LogP contribution in [0.5, 0.6) is 5.75 Å². The standard InChI is InChI=1S/C15H12N2OS/c1-10-13-4-2-3-5-14(13)15(17-16-10)19-12-8-6-11(18)7-9-12/h2-9,18H,1H3. The zero-order valence-electron chi connectivity index (χ0n) is 10.4. The molecular weight excluding hydrogens is 256 g/mol. The topological polar surface area (TPSA) is 46.0 Å². The molecule has 0 atom stereocenters. The third-order valence-electron chi connectivity index (χ3n) is 2.89. The minimum absolute atomic E-state index is 0.268.